The van der Waals surface area contributed by atoms with Crippen LogP contribution in [0.5, 0.6) is 0 Å². The molecule has 0 radical (unpaired) electrons. The molecule has 6 heteroatoms. The fourth-order valence-corrected chi connectivity index (χ4v) is 3.06. The van der Waals surface area contributed by atoms with Gasteiger partial charge in [-0.15, -0.1) is 0 Å². The summed E-state index contributed by atoms with van der Waals surface area (Å²) in [5.41, 5.74) is 1.09. The number of benzene rings is 2. The zero-order valence-corrected chi connectivity index (χ0v) is 17.0. The van der Waals surface area contributed by atoms with Gasteiger partial charge in [-0.2, -0.15) is 0 Å². The number of imidazole rings is 1. The van der Waals surface area contributed by atoms with Gasteiger partial charge in [-0.1, -0.05) is 60.7 Å². The van der Waals surface area contributed by atoms with E-state index in [0.717, 1.165) is 24.5 Å². The third-order valence-electron chi connectivity index (χ3n) is 4.72. The van der Waals surface area contributed by atoms with Gasteiger partial charge in [-0.25, -0.2) is 9.98 Å². The van der Waals surface area contributed by atoms with Crippen LogP contribution in [0.15, 0.2) is 78.0 Å². The quantitative estimate of drug-likeness (QED) is 0.408. The normalized spacial score (nSPS) is 13.7. The van der Waals surface area contributed by atoms with Gasteiger partial charge in [-0.3, -0.25) is 0 Å². The third-order valence-corrected chi connectivity index (χ3v) is 4.72. The molecule has 6 nitrogen and oxygen atoms in total. The highest BCUT2D eigenvalue weighted by Gasteiger charge is 2.23. The number of guanidine groups is 1. The second-order valence-corrected chi connectivity index (χ2v) is 7.15. The Balaban J connectivity index is 1.65. The molecule has 0 bridgehead atoms. The second-order valence-electron chi connectivity index (χ2n) is 7.15. The van der Waals surface area contributed by atoms with Crippen molar-refractivity contribution in [3.05, 3.63) is 90.0 Å². The fraction of sp³-hybridized carbons (Fsp3) is 0.304. The standard InChI is InChI=1S/C23H29N5O/c1-3-24-22(27-18-23(2,29)20-12-8-5-9-13-20)26-16-21-25-14-15-28(21)17-19-10-6-4-7-11-19/h4-15,29H,3,16-18H2,1-2H3,(H2,24,26,27). The highest BCUT2D eigenvalue weighted by Crippen LogP contribution is 2.18. The molecule has 152 valence electrons. The maximum Gasteiger partial charge on any atom is 0.191 e. The first kappa shape index (κ1) is 20.6. The average Bonchev–Trinajstić information content (AvgIpc) is 3.18. The summed E-state index contributed by atoms with van der Waals surface area (Å²) < 4.78 is 2.10. The molecule has 1 aromatic heterocycles. The van der Waals surface area contributed by atoms with Crippen molar-refractivity contribution in [3.63, 3.8) is 0 Å². The second kappa shape index (κ2) is 9.89. The Morgan fingerprint density at radius 2 is 1.76 bits per heavy atom. The van der Waals surface area contributed by atoms with Crippen molar-refractivity contribution >= 4 is 5.96 Å². The Morgan fingerprint density at radius 3 is 2.45 bits per heavy atom. The molecule has 0 aliphatic carbocycles. The lowest BCUT2D eigenvalue weighted by atomic mass is 9.96. The van der Waals surface area contributed by atoms with Crippen LogP contribution in [0.2, 0.25) is 0 Å². The van der Waals surface area contributed by atoms with E-state index in [4.69, 9.17) is 0 Å². The SMILES string of the molecule is CCNC(=NCc1nccn1Cc1ccccc1)NCC(C)(O)c1ccccc1. The van der Waals surface area contributed by atoms with Crippen molar-refractivity contribution in [1.82, 2.24) is 20.2 Å². The molecule has 0 aliphatic rings. The van der Waals surface area contributed by atoms with Gasteiger partial charge in [0.1, 0.15) is 18.0 Å². The van der Waals surface area contributed by atoms with Crippen molar-refractivity contribution in [3.8, 4) is 0 Å². The molecule has 0 saturated carbocycles. The van der Waals surface area contributed by atoms with Crippen molar-refractivity contribution in [1.29, 1.82) is 0 Å². The van der Waals surface area contributed by atoms with Gasteiger partial charge in [0.15, 0.2) is 5.96 Å². The van der Waals surface area contributed by atoms with Gasteiger partial charge < -0.3 is 20.3 Å². The molecule has 0 aliphatic heterocycles. The number of aliphatic imine (C=N–C) groups is 1. The zero-order chi connectivity index (χ0) is 20.5. The van der Waals surface area contributed by atoms with Crippen molar-refractivity contribution in [2.75, 3.05) is 13.1 Å². The summed E-state index contributed by atoms with van der Waals surface area (Å²) in [5, 5.41) is 17.3. The minimum absolute atomic E-state index is 0.349. The van der Waals surface area contributed by atoms with Crippen LogP contribution in [0, 0.1) is 0 Å². The van der Waals surface area contributed by atoms with Crippen LogP contribution in [-0.4, -0.2) is 33.7 Å². The Bertz CT molecular complexity index is 903. The van der Waals surface area contributed by atoms with E-state index >= 15 is 0 Å². The third kappa shape index (κ3) is 5.93. The predicted molar refractivity (Wildman–Crippen MR) is 117 cm³/mol. The summed E-state index contributed by atoms with van der Waals surface area (Å²) in [6.07, 6.45) is 3.77. The lowest BCUT2D eigenvalue weighted by Crippen LogP contribution is -2.44. The number of nitrogens with zero attached hydrogens (tertiary/aromatic N) is 3. The number of hydrogen-bond acceptors (Lipinski definition) is 3. The maximum absolute atomic E-state index is 10.8. The number of hydrogen-bond donors (Lipinski definition) is 3. The minimum atomic E-state index is -0.997. The van der Waals surface area contributed by atoms with Crippen molar-refractivity contribution in [2.24, 2.45) is 4.99 Å². The van der Waals surface area contributed by atoms with Crippen molar-refractivity contribution < 1.29 is 5.11 Å². The van der Waals surface area contributed by atoms with E-state index in [1.165, 1.54) is 5.56 Å². The summed E-state index contributed by atoms with van der Waals surface area (Å²) in [6, 6.07) is 19.9. The number of aromatic nitrogens is 2. The lowest BCUT2D eigenvalue weighted by Gasteiger charge is -2.25. The summed E-state index contributed by atoms with van der Waals surface area (Å²) in [7, 11) is 0. The van der Waals surface area contributed by atoms with Crippen LogP contribution in [-0.2, 0) is 18.7 Å². The van der Waals surface area contributed by atoms with Crippen LogP contribution < -0.4 is 10.6 Å². The molecule has 0 spiro atoms. The van der Waals surface area contributed by atoms with E-state index in [1.54, 1.807) is 13.1 Å². The average molecular weight is 392 g/mol. The highest BCUT2D eigenvalue weighted by molar-refractivity contribution is 5.79. The van der Waals surface area contributed by atoms with Gasteiger partial charge in [0.2, 0.25) is 0 Å². The number of rotatable bonds is 8. The molecular formula is C23H29N5O. The molecule has 0 fully saturated rings. The van der Waals surface area contributed by atoms with E-state index in [2.05, 4.69) is 37.3 Å². The summed E-state index contributed by atoms with van der Waals surface area (Å²) >= 11 is 0. The minimum Gasteiger partial charge on any atom is -0.384 e. The molecule has 1 unspecified atom stereocenters. The van der Waals surface area contributed by atoms with Crippen LogP contribution in [0.3, 0.4) is 0 Å². The van der Waals surface area contributed by atoms with E-state index < -0.39 is 5.60 Å². The molecule has 3 aromatic rings. The Morgan fingerprint density at radius 1 is 1.07 bits per heavy atom. The van der Waals surface area contributed by atoms with Gasteiger partial charge in [0.05, 0.1) is 6.54 Å². The summed E-state index contributed by atoms with van der Waals surface area (Å²) in [6.45, 7) is 6.11. The first-order valence-corrected chi connectivity index (χ1v) is 9.92. The molecule has 3 rings (SSSR count). The monoisotopic (exact) mass is 391 g/mol. The van der Waals surface area contributed by atoms with Gasteiger partial charge in [0.25, 0.3) is 0 Å². The molecular weight excluding hydrogens is 362 g/mol. The highest BCUT2D eigenvalue weighted by atomic mass is 16.3. The maximum atomic E-state index is 10.8. The first-order chi connectivity index (χ1) is 14.1. The molecule has 1 atom stereocenters. The van der Waals surface area contributed by atoms with Crippen LogP contribution in [0.4, 0.5) is 0 Å². The Labute approximate surface area is 172 Å². The van der Waals surface area contributed by atoms with Gasteiger partial charge in [-0.05, 0) is 25.0 Å². The first-order valence-electron chi connectivity index (χ1n) is 9.92. The summed E-state index contributed by atoms with van der Waals surface area (Å²) in [5.74, 6) is 1.54. The largest absolute Gasteiger partial charge is 0.384 e. The molecule has 29 heavy (non-hydrogen) atoms. The number of nitrogens with one attached hydrogen (secondary N) is 2. The predicted octanol–water partition coefficient (Wildman–Crippen LogP) is 2.89. The Kier molecular flexibility index (Phi) is 7.03. The topological polar surface area (TPSA) is 74.5 Å². The van der Waals surface area contributed by atoms with Crippen LogP contribution in [0.1, 0.15) is 30.8 Å². The summed E-state index contributed by atoms with van der Waals surface area (Å²) in [4.78, 5) is 9.11. The zero-order valence-electron chi connectivity index (χ0n) is 17.0. The fourth-order valence-electron chi connectivity index (χ4n) is 3.06. The Hall–Kier alpha value is -3.12. The smallest absolute Gasteiger partial charge is 0.191 e. The number of aliphatic hydroxyl groups is 1. The van der Waals surface area contributed by atoms with Gasteiger partial charge >= 0.3 is 0 Å². The molecule has 2 aromatic carbocycles. The van der Waals surface area contributed by atoms with E-state index in [1.807, 2.05) is 61.7 Å². The van der Waals surface area contributed by atoms with E-state index in [0.29, 0.717) is 19.0 Å². The van der Waals surface area contributed by atoms with Crippen LogP contribution >= 0.6 is 0 Å². The van der Waals surface area contributed by atoms with E-state index in [-0.39, 0.29) is 0 Å². The molecule has 3 N–H and O–H groups in total. The molecule has 0 saturated heterocycles. The lowest BCUT2D eigenvalue weighted by molar-refractivity contribution is 0.0617. The van der Waals surface area contributed by atoms with Crippen molar-refractivity contribution in [2.45, 2.75) is 32.5 Å². The van der Waals surface area contributed by atoms with Crippen LogP contribution in [0.25, 0.3) is 0 Å². The molecule has 0 amide bonds. The van der Waals surface area contributed by atoms with Gasteiger partial charge in [0, 0.05) is 25.5 Å². The van der Waals surface area contributed by atoms with E-state index in [9.17, 15) is 5.11 Å². The molecule has 1 heterocycles.